The average Bonchev–Trinajstić information content (AvgIpc) is 3.36. The third-order valence-corrected chi connectivity index (χ3v) is 7.35. The van der Waals surface area contributed by atoms with Crippen LogP contribution in [-0.4, -0.2) is 48.9 Å². The fourth-order valence-electron chi connectivity index (χ4n) is 5.39. The average molecular weight is 493 g/mol. The molecule has 194 valence electrons. The van der Waals surface area contributed by atoms with E-state index in [4.69, 9.17) is 9.15 Å². The number of hydrogen-bond donors (Lipinski definition) is 2. The highest BCUT2D eigenvalue weighted by Crippen LogP contribution is 2.43. The maximum absolute atomic E-state index is 12.0. The molecule has 0 spiro atoms. The summed E-state index contributed by atoms with van der Waals surface area (Å²) in [6.45, 7) is 3.18. The van der Waals surface area contributed by atoms with Gasteiger partial charge < -0.3 is 24.1 Å². The van der Waals surface area contributed by atoms with Gasteiger partial charge in [-0.2, -0.15) is 0 Å². The first kappa shape index (κ1) is 26.4. The van der Waals surface area contributed by atoms with Crippen LogP contribution in [0.1, 0.15) is 61.3 Å². The second-order valence-corrected chi connectivity index (χ2v) is 10.8. The molecule has 0 radical (unpaired) electrons. The molecule has 3 aromatic rings. The van der Waals surface area contributed by atoms with Crippen molar-refractivity contribution in [2.45, 2.75) is 57.2 Å². The van der Waals surface area contributed by atoms with E-state index in [2.05, 4.69) is 36.5 Å². The lowest BCUT2D eigenvalue weighted by atomic mass is 9.73. The van der Waals surface area contributed by atoms with E-state index in [-0.39, 0.29) is 5.92 Å². The number of aromatic nitrogens is 1. The van der Waals surface area contributed by atoms with Crippen LogP contribution in [0, 0.1) is 5.92 Å². The SMILES string of the molecule is CNCc1ccc(OCCC[N+](C)(C)Cc2cnc(C(O)(c3ccccc3)C3CCCCC3)o2)cc1. The molecule has 1 aromatic heterocycles. The van der Waals surface area contributed by atoms with Gasteiger partial charge in [0.2, 0.25) is 5.89 Å². The number of oxazole rings is 1. The van der Waals surface area contributed by atoms with Crippen LogP contribution in [0.5, 0.6) is 5.75 Å². The van der Waals surface area contributed by atoms with E-state index < -0.39 is 5.60 Å². The molecule has 36 heavy (non-hydrogen) atoms. The number of hydrogen-bond acceptors (Lipinski definition) is 5. The molecule has 1 aliphatic rings. The van der Waals surface area contributed by atoms with Crippen molar-refractivity contribution in [3.05, 3.63) is 83.6 Å². The Balaban J connectivity index is 1.36. The quantitative estimate of drug-likeness (QED) is 0.267. The van der Waals surface area contributed by atoms with Crippen LogP contribution in [0.4, 0.5) is 0 Å². The first-order chi connectivity index (χ1) is 17.4. The van der Waals surface area contributed by atoms with Gasteiger partial charge in [-0.15, -0.1) is 0 Å². The molecule has 6 heteroatoms. The van der Waals surface area contributed by atoms with Gasteiger partial charge in [0, 0.05) is 18.9 Å². The van der Waals surface area contributed by atoms with E-state index >= 15 is 0 Å². The van der Waals surface area contributed by atoms with Crippen LogP contribution in [0.25, 0.3) is 0 Å². The summed E-state index contributed by atoms with van der Waals surface area (Å²) in [4.78, 5) is 4.62. The van der Waals surface area contributed by atoms with Crippen LogP contribution >= 0.6 is 0 Å². The maximum Gasteiger partial charge on any atom is 0.231 e. The van der Waals surface area contributed by atoms with Crippen LogP contribution in [0.2, 0.25) is 0 Å². The number of nitrogens with zero attached hydrogens (tertiary/aromatic N) is 2. The highest BCUT2D eigenvalue weighted by atomic mass is 16.5. The van der Waals surface area contributed by atoms with E-state index in [1.807, 2.05) is 49.5 Å². The van der Waals surface area contributed by atoms with Crippen molar-refractivity contribution in [2.75, 3.05) is 34.3 Å². The lowest BCUT2D eigenvalue weighted by molar-refractivity contribution is -0.904. The summed E-state index contributed by atoms with van der Waals surface area (Å²) in [7, 11) is 6.34. The molecule has 2 aromatic carbocycles. The van der Waals surface area contributed by atoms with E-state index in [9.17, 15) is 5.11 Å². The first-order valence-corrected chi connectivity index (χ1v) is 13.3. The number of aliphatic hydroxyl groups is 1. The minimum Gasteiger partial charge on any atom is -0.493 e. The van der Waals surface area contributed by atoms with Crippen LogP contribution in [-0.2, 0) is 18.7 Å². The smallest absolute Gasteiger partial charge is 0.231 e. The second-order valence-electron chi connectivity index (χ2n) is 10.8. The van der Waals surface area contributed by atoms with Gasteiger partial charge in [-0.3, -0.25) is 0 Å². The van der Waals surface area contributed by atoms with Crippen molar-refractivity contribution in [1.29, 1.82) is 0 Å². The Morgan fingerprint density at radius 3 is 2.47 bits per heavy atom. The minimum absolute atomic E-state index is 0.118. The molecular formula is C30H42N3O3+. The topological polar surface area (TPSA) is 67.5 Å². The predicted octanol–water partition coefficient (Wildman–Crippen LogP) is 5.26. The van der Waals surface area contributed by atoms with Gasteiger partial charge in [0.1, 0.15) is 12.3 Å². The molecule has 1 heterocycles. The van der Waals surface area contributed by atoms with Crippen molar-refractivity contribution in [3.63, 3.8) is 0 Å². The zero-order valence-electron chi connectivity index (χ0n) is 22.1. The monoisotopic (exact) mass is 492 g/mol. The molecule has 1 fully saturated rings. The Morgan fingerprint density at radius 2 is 1.78 bits per heavy atom. The van der Waals surface area contributed by atoms with E-state index in [0.29, 0.717) is 19.0 Å². The summed E-state index contributed by atoms with van der Waals surface area (Å²) in [5, 5.41) is 15.2. The Hall–Kier alpha value is -2.67. The molecule has 0 saturated heterocycles. The zero-order chi connectivity index (χ0) is 25.4. The highest BCUT2D eigenvalue weighted by molar-refractivity contribution is 5.30. The fourth-order valence-corrected chi connectivity index (χ4v) is 5.39. The van der Waals surface area contributed by atoms with Crippen molar-refractivity contribution in [2.24, 2.45) is 5.92 Å². The molecule has 1 saturated carbocycles. The highest BCUT2D eigenvalue weighted by Gasteiger charge is 2.44. The molecule has 2 N–H and O–H groups in total. The first-order valence-electron chi connectivity index (χ1n) is 13.3. The molecule has 1 atom stereocenters. The van der Waals surface area contributed by atoms with Crippen molar-refractivity contribution in [3.8, 4) is 5.75 Å². The molecule has 1 aliphatic carbocycles. The van der Waals surface area contributed by atoms with Gasteiger partial charge >= 0.3 is 0 Å². The number of ether oxygens (including phenoxy) is 1. The Kier molecular flexibility index (Phi) is 8.83. The molecule has 1 unspecified atom stereocenters. The Morgan fingerprint density at radius 1 is 1.06 bits per heavy atom. The number of nitrogens with one attached hydrogen (secondary N) is 1. The van der Waals surface area contributed by atoms with Crippen LogP contribution in [0.3, 0.4) is 0 Å². The fraction of sp³-hybridized carbons (Fsp3) is 0.500. The van der Waals surface area contributed by atoms with Crippen LogP contribution in [0.15, 0.2) is 65.2 Å². The summed E-state index contributed by atoms with van der Waals surface area (Å²) in [6, 6.07) is 18.2. The minimum atomic E-state index is -1.19. The lowest BCUT2D eigenvalue weighted by Crippen LogP contribution is -2.40. The summed E-state index contributed by atoms with van der Waals surface area (Å²) in [5.41, 5.74) is 0.931. The second kappa shape index (κ2) is 12.0. The van der Waals surface area contributed by atoms with E-state index in [1.165, 1.54) is 12.0 Å². The van der Waals surface area contributed by atoms with E-state index in [1.54, 1.807) is 6.20 Å². The predicted molar refractivity (Wildman–Crippen MR) is 143 cm³/mol. The summed E-state index contributed by atoms with van der Waals surface area (Å²) in [6.07, 6.45) is 8.22. The number of rotatable bonds is 12. The standard InChI is InChI=1S/C30H42N3O3/c1-31-21-24-15-17-27(18-16-24)35-20-10-19-33(2,3)23-28-22-32-29(36-28)30(34,25-11-6-4-7-12-25)26-13-8-5-9-14-26/h4,6-7,11-12,15-18,22,26,31,34H,5,8-10,13-14,19-21,23H2,1-3H3/q+1. The largest absolute Gasteiger partial charge is 0.493 e. The lowest BCUT2D eigenvalue weighted by Gasteiger charge is -2.36. The molecule has 0 bridgehead atoms. The molecule has 0 aliphatic heterocycles. The maximum atomic E-state index is 12.0. The molecule has 0 amide bonds. The van der Waals surface area contributed by atoms with Crippen molar-refractivity contribution >= 4 is 0 Å². The number of quaternary nitrogens is 1. The van der Waals surface area contributed by atoms with E-state index in [0.717, 1.165) is 66.7 Å². The molecular weight excluding hydrogens is 450 g/mol. The van der Waals surface area contributed by atoms with Gasteiger partial charge in [-0.05, 0) is 43.1 Å². The van der Waals surface area contributed by atoms with Gasteiger partial charge in [-0.1, -0.05) is 61.7 Å². The molecule has 4 rings (SSSR count). The normalized spacial score (nSPS) is 16.6. The third kappa shape index (κ3) is 6.55. The summed E-state index contributed by atoms with van der Waals surface area (Å²) in [5.74, 6) is 2.26. The Labute approximate surface area is 215 Å². The van der Waals surface area contributed by atoms with Crippen molar-refractivity contribution < 1.29 is 18.7 Å². The summed E-state index contributed by atoms with van der Waals surface area (Å²) >= 11 is 0. The number of benzene rings is 2. The summed E-state index contributed by atoms with van der Waals surface area (Å²) < 4.78 is 13.0. The zero-order valence-corrected chi connectivity index (χ0v) is 22.1. The van der Waals surface area contributed by atoms with Gasteiger partial charge in [0.15, 0.2) is 11.4 Å². The molecule has 6 nitrogen and oxygen atoms in total. The van der Waals surface area contributed by atoms with Gasteiger partial charge in [0.25, 0.3) is 0 Å². The Bertz CT molecular complexity index is 1060. The van der Waals surface area contributed by atoms with Gasteiger partial charge in [0.05, 0.1) is 33.4 Å². The van der Waals surface area contributed by atoms with Gasteiger partial charge in [-0.25, -0.2) is 4.98 Å². The third-order valence-electron chi connectivity index (χ3n) is 7.35. The van der Waals surface area contributed by atoms with Crippen LogP contribution < -0.4 is 10.1 Å². The van der Waals surface area contributed by atoms with Crippen molar-refractivity contribution in [1.82, 2.24) is 10.3 Å².